The monoisotopic (exact) mass is 520 g/mol. The maximum Gasteiger partial charge on any atom is 0.258 e. The molecule has 0 unspecified atom stereocenters. The van der Waals surface area contributed by atoms with Gasteiger partial charge in [-0.2, -0.15) is 0 Å². The van der Waals surface area contributed by atoms with Crippen LogP contribution in [-0.4, -0.2) is 35.1 Å². The van der Waals surface area contributed by atoms with Crippen LogP contribution in [0, 0.1) is 5.82 Å². The first kappa shape index (κ1) is 24.3. The largest absolute Gasteiger partial charge is 0.493 e. The van der Waals surface area contributed by atoms with Gasteiger partial charge in [0.2, 0.25) is 0 Å². The lowest BCUT2D eigenvalue weighted by Gasteiger charge is -2.14. The van der Waals surface area contributed by atoms with E-state index in [0.29, 0.717) is 34.1 Å². The molecule has 2 heterocycles. The van der Waals surface area contributed by atoms with E-state index >= 15 is 0 Å². The maximum atomic E-state index is 14.2. The van der Waals surface area contributed by atoms with E-state index in [1.165, 1.54) is 19.2 Å². The normalized spacial score (nSPS) is 12.7. The molecule has 0 fully saturated rings. The van der Waals surface area contributed by atoms with Gasteiger partial charge >= 0.3 is 0 Å². The van der Waals surface area contributed by atoms with Crippen LogP contribution in [0.15, 0.2) is 67.0 Å². The zero-order chi connectivity index (χ0) is 25.9. The highest BCUT2D eigenvalue weighted by Crippen LogP contribution is 2.33. The van der Waals surface area contributed by atoms with Gasteiger partial charge < -0.3 is 20.1 Å². The molecule has 1 aliphatic rings. The van der Waals surface area contributed by atoms with E-state index in [0.717, 1.165) is 5.56 Å². The van der Waals surface area contributed by atoms with Crippen molar-refractivity contribution in [1.29, 1.82) is 0 Å². The van der Waals surface area contributed by atoms with Crippen LogP contribution in [-0.2, 0) is 17.9 Å². The quantitative estimate of drug-likeness (QED) is 0.419. The number of imidazole rings is 1. The molecule has 0 aliphatic carbocycles. The summed E-state index contributed by atoms with van der Waals surface area (Å²) in [5.41, 5.74) is 2.60. The summed E-state index contributed by atoms with van der Waals surface area (Å²) in [7, 11) is 1.52. The number of hydrogen-bond donors (Lipinski definition) is 2. The molecule has 4 bridgehead atoms. The number of fused-ring (bicyclic) bond motifs is 7. The van der Waals surface area contributed by atoms with Crippen molar-refractivity contribution in [2.45, 2.75) is 13.1 Å². The first-order valence-electron chi connectivity index (χ1n) is 11.4. The van der Waals surface area contributed by atoms with Crippen molar-refractivity contribution in [1.82, 2.24) is 20.2 Å². The fraction of sp³-hybridized carbons (Fsp3) is 0.148. The van der Waals surface area contributed by atoms with Crippen molar-refractivity contribution < 1.29 is 23.5 Å². The molecule has 0 saturated carbocycles. The third-order valence-electron chi connectivity index (χ3n) is 5.92. The number of carbonyl (C=O) groups is 2. The van der Waals surface area contributed by atoms with Crippen molar-refractivity contribution in [2.24, 2.45) is 0 Å². The topological polar surface area (TPSA) is 94.5 Å². The number of halogens is 2. The lowest BCUT2D eigenvalue weighted by atomic mass is 10.1. The zero-order valence-corrected chi connectivity index (χ0v) is 20.5. The van der Waals surface area contributed by atoms with E-state index in [2.05, 4.69) is 15.6 Å². The van der Waals surface area contributed by atoms with Gasteiger partial charge in [-0.3, -0.25) is 14.2 Å². The molecule has 8 nitrogen and oxygen atoms in total. The average Bonchev–Trinajstić information content (AvgIpc) is 3.40. The molecular weight excluding hydrogens is 499 g/mol. The van der Waals surface area contributed by atoms with Crippen LogP contribution >= 0.6 is 11.6 Å². The molecule has 10 heteroatoms. The smallest absolute Gasteiger partial charge is 0.258 e. The molecule has 3 aromatic carbocycles. The number of methoxy groups -OCH3 is 1. The molecule has 0 radical (unpaired) electrons. The maximum absolute atomic E-state index is 14.2. The SMILES string of the molecule is COc1ccc2cc1OCC(=O)NCc1cc(C(=O)NCc3c(F)cccc3Cl)cc(c1)-n1ccnc1-2. The molecule has 1 aromatic heterocycles. The fourth-order valence-corrected chi connectivity index (χ4v) is 4.30. The number of aromatic nitrogens is 2. The number of hydrogen-bond acceptors (Lipinski definition) is 5. The summed E-state index contributed by atoms with van der Waals surface area (Å²) in [6.07, 6.45) is 3.43. The third-order valence-corrected chi connectivity index (χ3v) is 6.27. The number of amides is 2. The lowest BCUT2D eigenvalue weighted by molar-refractivity contribution is -0.123. The number of carbonyl (C=O) groups excluding carboxylic acids is 2. The summed E-state index contributed by atoms with van der Waals surface area (Å²) in [6, 6.07) is 14.9. The number of nitrogens with one attached hydrogen (secondary N) is 2. The van der Waals surface area contributed by atoms with E-state index in [9.17, 15) is 14.0 Å². The Morgan fingerprint density at radius 3 is 2.92 bits per heavy atom. The average molecular weight is 521 g/mol. The summed E-state index contributed by atoms with van der Waals surface area (Å²) < 4.78 is 27.1. The molecule has 0 saturated heterocycles. The minimum Gasteiger partial charge on any atom is -0.493 e. The predicted octanol–water partition coefficient (Wildman–Crippen LogP) is 4.28. The second-order valence-corrected chi connectivity index (χ2v) is 8.73. The van der Waals surface area contributed by atoms with Crippen molar-refractivity contribution in [2.75, 3.05) is 13.7 Å². The molecule has 4 aromatic rings. The minimum atomic E-state index is -0.500. The Kier molecular flexibility index (Phi) is 6.78. The highest BCUT2D eigenvalue weighted by Gasteiger charge is 2.18. The Bertz CT molecular complexity index is 1480. The Balaban J connectivity index is 1.54. The van der Waals surface area contributed by atoms with Gasteiger partial charge in [-0.25, -0.2) is 9.37 Å². The van der Waals surface area contributed by atoms with E-state index in [-0.39, 0.29) is 36.2 Å². The van der Waals surface area contributed by atoms with Crippen LogP contribution in [0.25, 0.3) is 17.1 Å². The summed E-state index contributed by atoms with van der Waals surface area (Å²) in [6.45, 7) is -0.137. The number of ether oxygens (including phenoxy) is 2. The first-order valence-corrected chi connectivity index (χ1v) is 11.8. The molecule has 1 aliphatic heterocycles. The van der Waals surface area contributed by atoms with Gasteiger partial charge in [-0.1, -0.05) is 17.7 Å². The van der Waals surface area contributed by atoms with E-state index in [4.69, 9.17) is 21.1 Å². The predicted molar refractivity (Wildman–Crippen MR) is 135 cm³/mol. The summed E-state index contributed by atoms with van der Waals surface area (Å²) >= 11 is 6.10. The molecule has 0 atom stereocenters. The summed E-state index contributed by atoms with van der Waals surface area (Å²) in [5.74, 6) is 0.235. The number of benzene rings is 3. The van der Waals surface area contributed by atoms with Crippen molar-refractivity contribution in [3.63, 3.8) is 0 Å². The van der Waals surface area contributed by atoms with E-state index in [1.807, 2.05) is 16.7 Å². The van der Waals surface area contributed by atoms with Crippen LogP contribution in [0.2, 0.25) is 5.02 Å². The van der Waals surface area contributed by atoms with E-state index < -0.39 is 11.7 Å². The van der Waals surface area contributed by atoms with Crippen LogP contribution in [0.3, 0.4) is 0 Å². The standard InChI is InChI=1S/C27H22ClFN4O4/c1-36-23-6-5-17-12-24(23)37-15-25(34)31-13-16-9-18(11-19(10-16)33-8-7-30-26(17)33)27(35)32-14-20-21(28)3-2-4-22(20)29/h2-12H,13-15H2,1H3,(H,31,34)(H,32,35). The molecule has 0 spiro atoms. The highest BCUT2D eigenvalue weighted by molar-refractivity contribution is 6.31. The van der Waals surface area contributed by atoms with Crippen molar-refractivity contribution in [3.05, 3.63) is 94.5 Å². The van der Waals surface area contributed by atoms with Crippen LogP contribution in [0.5, 0.6) is 11.5 Å². The Hall–Kier alpha value is -4.37. The van der Waals surface area contributed by atoms with Crippen molar-refractivity contribution in [3.8, 4) is 28.6 Å². The van der Waals surface area contributed by atoms with Crippen molar-refractivity contribution >= 4 is 23.4 Å². The Morgan fingerprint density at radius 1 is 1.24 bits per heavy atom. The van der Waals surface area contributed by atoms with Gasteiger partial charge in [0.25, 0.3) is 11.8 Å². The fourth-order valence-electron chi connectivity index (χ4n) is 4.07. The summed E-state index contributed by atoms with van der Waals surface area (Å²) in [5, 5.41) is 5.76. The van der Waals surface area contributed by atoms with Gasteiger partial charge in [-0.05, 0) is 54.1 Å². The second kappa shape index (κ2) is 10.3. The number of rotatable bonds is 4. The molecular formula is C27H22ClFN4O4. The Morgan fingerprint density at radius 2 is 2.11 bits per heavy atom. The van der Waals surface area contributed by atoms with Gasteiger partial charge in [0.05, 0.1) is 7.11 Å². The first-order chi connectivity index (χ1) is 17.9. The van der Waals surface area contributed by atoms with Gasteiger partial charge in [0, 0.05) is 52.9 Å². The van der Waals surface area contributed by atoms with Crippen LogP contribution in [0.4, 0.5) is 4.39 Å². The van der Waals surface area contributed by atoms with Gasteiger partial charge in [0.15, 0.2) is 18.1 Å². The molecule has 37 heavy (non-hydrogen) atoms. The summed E-state index contributed by atoms with van der Waals surface area (Å²) in [4.78, 5) is 30.1. The van der Waals surface area contributed by atoms with Gasteiger partial charge in [0.1, 0.15) is 11.6 Å². The van der Waals surface area contributed by atoms with Crippen LogP contribution < -0.4 is 20.1 Å². The second-order valence-electron chi connectivity index (χ2n) is 8.32. The molecule has 188 valence electrons. The zero-order valence-electron chi connectivity index (χ0n) is 19.8. The number of nitrogens with zero attached hydrogens (tertiary/aromatic N) is 2. The Labute approximate surface area is 217 Å². The van der Waals surface area contributed by atoms with Crippen LogP contribution in [0.1, 0.15) is 21.5 Å². The third kappa shape index (κ3) is 5.12. The van der Waals surface area contributed by atoms with E-state index in [1.54, 1.807) is 42.7 Å². The highest BCUT2D eigenvalue weighted by atomic mass is 35.5. The molecule has 2 amide bonds. The molecule has 5 rings (SSSR count). The minimum absolute atomic E-state index is 0.0804. The van der Waals surface area contributed by atoms with Gasteiger partial charge in [-0.15, -0.1) is 0 Å². The molecule has 2 N–H and O–H groups in total. The lowest BCUT2D eigenvalue weighted by Crippen LogP contribution is -2.29.